The average molecular weight is 404 g/mol. The van der Waals surface area contributed by atoms with Gasteiger partial charge in [-0.3, -0.25) is 4.98 Å². The molecule has 5 nitrogen and oxygen atoms in total. The summed E-state index contributed by atoms with van der Waals surface area (Å²) in [5, 5.41) is 11.6. The van der Waals surface area contributed by atoms with Crippen LogP contribution in [0.4, 0.5) is 0 Å². The van der Waals surface area contributed by atoms with Gasteiger partial charge in [0.15, 0.2) is 9.84 Å². The normalized spacial score (nSPS) is 26.3. The average Bonchev–Trinajstić information content (AvgIpc) is 2.78. The second-order valence-corrected chi connectivity index (χ2v) is 9.65. The smallest absolute Gasteiger partial charge is 0.179 e. The van der Waals surface area contributed by atoms with Gasteiger partial charge in [0, 0.05) is 23.7 Å². The van der Waals surface area contributed by atoms with E-state index in [0.29, 0.717) is 24.2 Å². The molecule has 1 aromatic heterocycles. The number of ether oxygens (including phenoxy) is 1. The minimum atomic E-state index is -3.56. The molecular weight excluding hydrogens is 374 g/mol. The fourth-order valence-corrected chi connectivity index (χ4v) is 6.66. The van der Waals surface area contributed by atoms with Crippen LogP contribution in [0.3, 0.4) is 0 Å². The molecule has 3 rings (SSSR count). The number of nitrogens with zero attached hydrogens (tertiary/aromatic N) is 1. The van der Waals surface area contributed by atoms with Gasteiger partial charge >= 0.3 is 0 Å². The highest BCUT2D eigenvalue weighted by Gasteiger charge is 2.49. The van der Waals surface area contributed by atoms with Gasteiger partial charge in [0.25, 0.3) is 0 Å². The summed E-state index contributed by atoms with van der Waals surface area (Å²) < 4.78 is 32.1. The van der Waals surface area contributed by atoms with Crippen molar-refractivity contribution in [1.82, 2.24) is 4.98 Å². The maximum atomic E-state index is 13.4. The maximum Gasteiger partial charge on any atom is 0.179 e. The fourth-order valence-electron chi connectivity index (χ4n) is 4.40. The van der Waals surface area contributed by atoms with Gasteiger partial charge in [0.05, 0.1) is 23.9 Å². The number of unbranched alkanes of at least 4 members (excludes halogenated alkanes) is 1. The molecule has 2 heterocycles. The number of hydrogen-bond acceptors (Lipinski definition) is 5. The second kappa shape index (κ2) is 8.21. The number of sulfone groups is 1. The van der Waals surface area contributed by atoms with E-state index in [-0.39, 0.29) is 10.6 Å². The van der Waals surface area contributed by atoms with E-state index in [9.17, 15) is 13.5 Å². The Bertz CT molecular complexity index is 913. The van der Waals surface area contributed by atoms with Crippen molar-refractivity contribution >= 4 is 9.84 Å². The Balaban J connectivity index is 2.29. The van der Waals surface area contributed by atoms with Gasteiger partial charge < -0.3 is 9.84 Å². The molecule has 2 aromatic rings. The molecule has 0 saturated carbocycles. The number of methoxy groups -OCH3 is 1. The molecule has 0 aliphatic carbocycles. The van der Waals surface area contributed by atoms with E-state index in [1.807, 2.05) is 19.1 Å². The first-order valence-corrected chi connectivity index (χ1v) is 11.5. The van der Waals surface area contributed by atoms with E-state index in [2.05, 4.69) is 11.9 Å². The van der Waals surface area contributed by atoms with Crippen LogP contribution >= 0.6 is 0 Å². The molecule has 0 fully saturated rings. The van der Waals surface area contributed by atoms with Crippen LogP contribution in [0.5, 0.6) is 5.75 Å². The van der Waals surface area contributed by atoms with Crippen molar-refractivity contribution in [3.8, 4) is 5.75 Å². The van der Waals surface area contributed by atoms with E-state index >= 15 is 0 Å². The van der Waals surface area contributed by atoms with Crippen LogP contribution in [0.2, 0.25) is 0 Å². The van der Waals surface area contributed by atoms with Crippen molar-refractivity contribution in [3.05, 3.63) is 53.9 Å². The number of benzene rings is 1. The van der Waals surface area contributed by atoms with Crippen LogP contribution in [0.25, 0.3) is 0 Å². The lowest BCUT2D eigenvalue weighted by atomic mass is 9.69. The lowest BCUT2D eigenvalue weighted by Crippen LogP contribution is -2.42. The standard InChI is InChI=1S/C22H29NO4S/c1-4-6-11-22(5-2)15-28(25,26)19-10-9-17(27-3)13-18(19)20(21(22)24)16-8-7-12-23-14-16/h7-10,12-14,20-21,24H,4-6,11,15H2,1-3H3/t20-,21-,22?/m1/s1. The first kappa shape index (κ1) is 20.8. The molecule has 1 aliphatic heterocycles. The number of pyridine rings is 1. The minimum absolute atomic E-state index is 0.0479. The first-order chi connectivity index (χ1) is 13.4. The number of aliphatic hydroxyl groups is 1. The Morgan fingerprint density at radius 3 is 2.68 bits per heavy atom. The van der Waals surface area contributed by atoms with Crippen LogP contribution in [0, 0.1) is 5.41 Å². The predicted octanol–water partition coefficient (Wildman–Crippen LogP) is 3.96. The molecule has 1 unspecified atom stereocenters. The second-order valence-electron chi connectivity index (χ2n) is 7.69. The van der Waals surface area contributed by atoms with Crippen molar-refractivity contribution in [3.63, 3.8) is 0 Å². The highest BCUT2D eigenvalue weighted by Crippen LogP contribution is 2.49. The van der Waals surface area contributed by atoms with Crippen molar-refractivity contribution in [2.24, 2.45) is 5.41 Å². The fraction of sp³-hybridized carbons (Fsp3) is 0.500. The summed E-state index contributed by atoms with van der Waals surface area (Å²) in [7, 11) is -2.01. The predicted molar refractivity (Wildman–Crippen MR) is 109 cm³/mol. The number of aliphatic hydroxyl groups excluding tert-OH is 1. The van der Waals surface area contributed by atoms with Gasteiger partial charge in [0.1, 0.15) is 5.75 Å². The molecule has 3 atom stereocenters. The molecule has 1 N–H and O–H groups in total. The number of fused-ring (bicyclic) bond motifs is 1. The van der Waals surface area contributed by atoms with Crippen molar-refractivity contribution < 1.29 is 18.3 Å². The summed E-state index contributed by atoms with van der Waals surface area (Å²) in [5.41, 5.74) is 0.698. The molecule has 0 amide bonds. The molecular formula is C22H29NO4S. The zero-order chi connectivity index (χ0) is 20.4. The monoisotopic (exact) mass is 403 g/mol. The Morgan fingerprint density at radius 2 is 2.07 bits per heavy atom. The van der Waals surface area contributed by atoms with E-state index in [1.54, 1.807) is 37.7 Å². The van der Waals surface area contributed by atoms with Gasteiger partial charge in [-0.15, -0.1) is 0 Å². The lowest BCUT2D eigenvalue weighted by Gasteiger charge is -2.39. The van der Waals surface area contributed by atoms with Gasteiger partial charge in [-0.05, 0) is 48.2 Å². The van der Waals surface area contributed by atoms with Gasteiger partial charge in [-0.25, -0.2) is 8.42 Å². The van der Waals surface area contributed by atoms with E-state index in [0.717, 1.165) is 18.4 Å². The summed E-state index contributed by atoms with van der Waals surface area (Å²) in [6.45, 7) is 4.06. The molecule has 1 aromatic carbocycles. The van der Waals surface area contributed by atoms with E-state index in [1.165, 1.54) is 0 Å². The van der Waals surface area contributed by atoms with Crippen LogP contribution in [-0.2, 0) is 9.84 Å². The number of aromatic nitrogens is 1. The third-order valence-corrected chi connectivity index (χ3v) is 8.08. The summed E-state index contributed by atoms with van der Waals surface area (Å²) in [4.78, 5) is 4.51. The van der Waals surface area contributed by atoms with Crippen molar-refractivity contribution in [2.75, 3.05) is 12.9 Å². The van der Waals surface area contributed by atoms with Gasteiger partial charge in [-0.2, -0.15) is 0 Å². The zero-order valence-electron chi connectivity index (χ0n) is 16.8. The number of hydrogen-bond donors (Lipinski definition) is 1. The van der Waals surface area contributed by atoms with Crippen LogP contribution in [0.1, 0.15) is 56.6 Å². The molecule has 0 saturated heterocycles. The SMILES string of the molecule is CCCCC1(CC)CS(=O)(=O)c2ccc(OC)cc2[C@@H](c2cccnc2)[C@H]1O. The molecule has 6 heteroatoms. The molecule has 0 spiro atoms. The first-order valence-electron chi connectivity index (χ1n) is 9.87. The Hall–Kier alpha value is -1.92. The summed E-state index contributed by atoms with van der Waals surface area (Å²) >= 11 is 0. The zero-order valence-corrected chi connectivity index (χ0v) is 17.6. The highest BCUT2D eigenvalue weighted by atomic mass is 32.2. The third kappa shape index (κ3) is 3.67. The molecule has 152 valence electrons. The molecule has 0 bridgehead atoms. The Labute approximate surface area is 167 Å². The number of rotatable bonds is 6. The molecule has 28 heavy (non-hydrogen) atoms. The van der Waals surface area contributed by atoms with E-state index in [4.69, 9.17) is 4.74 Å². The van der Waals surface area contributed by atoms with Gasteiger partial charge in [-0.1, -0.05) is 32.8 Å². The molecule has 1 aliphatic rings. The molecule has 0 radical (unpaired) electrons. The van der Waals surface area contributed by atoms with Crippen LogP contribution < -0.4 is 4.74 Å². The lowest BCUT2D eigenvalue weighted by molar-refractivity contribution is 0.0173. The third-order valence-electron chi connectivity index (χ3n) is 6.08. The Kier molecular flexibility index (Phi) is 6.10. The largest absolute Gasteiger partial charge is 0.497 e. The summed E-state index contributed by atoms with van der Waals surface area (Å²) in [6.07, 6.45) is 5.65. The highest BCUT2D eigenvalue weighted by molar-refractivity contribution is 7.91. The summed E-state index contributed by atoms with van der Waals surface area (Å²) in [6, 6.07) is 8.77. The van der Waals surface area contributed by atoms with Gasteiger partial charge in [0.2, 0.25) is 0 Å². The quantitative estimate of drug-likeness (QED) is 0.790. The van der Waals surface area contributed by atoms with Crippen LogP contribution in [0.15, 0.2) is 47.6 Å². The topological polar surface area (TPSA) is 76.5 Å². The van der Waals surface area contributed by atoms with Crippen LogP contribution in [-0.4, -0.2) is 37.5 Å². The summed E-state index contributed by atoms with van der Waals surface area (Å²) in [5.74, 6) is 0.0498. The van der Waals surface area contributed by atoms with Crippen molar-refractivity contribution in [2.45, 2.75) is 56.4 Å². The maximum absolute atomic E-state index is 13.4. The Morgan fingerprint density at radius 1 is 1.29 bits per heavy atom. The van der Waals surface area contributed by atoms with E-state index < -0.39 is 27.3 Å². The van der Waals surface area contributed by atoms with Crippen molar-refractivity contribution in [1.29, 1.82) is 0 Å². The minimum Gasteiger partial charge on any atom is -0.497 e.